The van der Waals surface area contributed by atoms with Crippen LogP contribution in [-0.2, 0) is 6.54 Å². The molecule has 0 unspecified atom stereocenters. The van der Waals surface area contributed by atoms with Gasteiger partial charge in [0.15, 0.2) is 0 Å². The van der Waals surface area contributed by atoms with Gasteiger partial charge in [0.25, 0.3) is 5.91 Å². The van der Waals surface area contributed by atoms with Crippen LogP contribution in [0.5, 0.6) is 0 Å². The first-order chi connectivity index (χ1) is 12.7. The predicted molar refractivity (Wildman–Crippen MR) is 100.0 cm³/mol. The Balaban J connectivity index is 1.33. The van der Waals surface area contributed by atoms with E-state index in [4.69, 9.17) is 4.52 Å². The molecule has 0 bridgehead atoms. The van der Waals surface area contributed by atoms with Gasteiger partial charge in [0.1, 0.15) is 0 Å². The molecule has 0 spiro atoms. The van der Waals surface area contributed by atoms with E-state index in [1.807, 2.05) is 52.9 Å². The Kier molecular flexibility index (Phi) is 4.81. The molecule has 1 saturated heterocycles. The number of nitrogens with zero attached hydrogens (tertiary/aromatic N) is 4. The van der Waals surface area contributed by atoms with Gasteiger partial charge in [-0.25, -0.2) is 0 Å². The lowest BCUT2D eigenvalue weighted by Gasteiger charge is -2.33. The van der Waals surface area contributed by atoms with Crippen LogP contribution in [0.25, 0.3) is 11.4 Å². The number of rotatable bonds is 4. The summed E-state index contributed by atoms with van der Waals surface area (Å²) in [7, 11) is 0. The van der Waals surface area contributed by atoms with Gasteiger partial charge in [-0.15, -0.1) is 0 Å². The highest BCUT2D eigenvalue weighted by atomic mass is 32.1. The summed E-state index contributed by atoms with van der Waals surface area (Å²) < 4.78 is 5.40. The van der Waals surface area contributed by atoms with E-state index in [0.29, 0.717) is 31.3 Å². The summed E-state index contributed by atoms with van der Waals surface area (Å²) >= 11 is 1.55. The van der Waals surface area contributed by atoms with E-state index in [1.54, 1.807) is 11.3 Å². The lowest BCUT2D eigenvalue weighted by Crippen LogP contribution is -2.48. The second-order valence-corrected chi connectivity index (χ2v) is 7.24. The summed E-state index contributed by atoms with van der Waals surface area (Å²) in [6.07, 6.45) is 0. The smallest absolute Gasteiger partial charge is 0.254 e. The van der Waals surface area contributed by atoms with Crippen molar-refractivity contribution >= 4 is 17.2 Å². The van der Waals surface area contributed by atoms with E-state index < -0.39 is 0 Å². The average molecular weight is 368 g/mol. The van der Waals surface area contributed by atoms with Gasteiger partial charge >= 0.3 is 0 Å². The Hall–Kier alpha value is -2.51. The van der Waals surface area contributed by atoms with Crippen LogP contribution in [-0.4, -0.2) is 52.0 Å². The highest BCUT2D eigenvalue weighted by Crippen LogP contribution is 2.18. The van der Waals surface area contributed by atoms with Crippen molar-refractivity contribution in [2.24, 2.45) is 0 Å². The molecule has 3 aromatic rings. The number of benzene rings is 1. The zero-order valence-electron chi connectivity index (χ0n) is 14.6. The summed E-state index contributed by atoms with van der Waals surface area (Å²) in [6.45, 7) is 5.70. The second-order valence-electron chi connectivity index (χ2n) is 6.46. The molecule has 1 fully saturated rings. The minimum Gasteiger partial charge on any atom is -0.338 e. The van der Waals surface area contributed by atoms with Crippen LogP contribution in [0.3, 0.4) is 0 Å². The first-order valence-corrected chi connectivity index (χ1v) is 9.57. The Bertz CT molecular complexity index is 865. The molecule has 2 aromatic heterocycles. The van der Waals surface area contributed by atoms with Gasteiger partial charge in [0.05, 0.1) is 12.1 Å². The number of aromatic nitrogens is 2. The van der Waals surface area contributed by atoms with Crippen LogP contribution in [0, 0.1) is 6.92 Å². The quantitative estimate of drug-likeness (QED) is 0.708. The van der Waals surface area contributed by atoms with Crippen LogP contribution in [0.4, 0.5) is 0 Å². The highest BCUT2D eigenvalue weighted by molar-refractivity contribution is 7.08. The molecule has 0 atom stereocenters. The van der Waals surface area contributed by atoms with Gasteiger partial charge in [-0.2, -0.15) is 16.3 Å². The summed E-state index contributed by atoms with van der Waals surface area (Å²) in [4.78, 5) is 21.0. The van der Waals surface area contributed by atoms with E-state index in [0.717, 1.165) is 24.2 Å². The normalized spacial score (nSPS) is 15.3. The van der Waals surface area contributed by atoms with Crippen molar-refractivity contribution in [3.63, 3.8) is 0 Å². The lowest BCUT2D eigenvalue weighted by atomic mass is 10.1. The maximum atomic E-state index is 12.4. The van der Waals surface area contributed by atoms with Gasteiger partial charge in [-0.1, -0.05) is 35.0 Å². The molecule has 1 aromatic carbocycles. The molecule has 134 valence electrons. The average Bonchev–Trinajstić information content (AvgIpc) is 3.35. The second kappa shape index (κ2) is 7.39. The Labute approximate surface area is 156 Å². The van der Waals surface area contributed by atoms with Crippen LogP contribution in [0.2, 0.25) is 0 Å². The number of hydrogen-bond donors (Lipinski definition) is 0. The third-order valence-electron chi connectivity index (χ3n) is 4.56. The molecule has 26 heavy (non-hydrogen) atoms. The van der Waals surface area contributed by atoms with Gasteiger partial charge < -0.3 is 9.42 Å². The van der Waals surface area contributed by atoms with E-state index in [-0.39, 0.29) is 5.91 Å². The van der Waals surface area contributed by atoms with Gasteiger partial charge in [-0.3, -0.25) is 9.69 Å². The molecule has 4 rings (SSSR count). The fraction of sp³-hybridized carbons (Fsp3) is 0.316. The summed E-state index contributed by atoms with van der Waals surface area (Å²) in [6, 6.07) is 9.95. The molecule has 7 heteroatoms. The van der Waals surface area contributed by atoms with Crippen LogP contribution in [0.1, 0.15) is 21.8 Å². The number of aryl methyl sites for hydroxylation is 1. The van der Waals surface area contributed by atoms with Gasteiger partial charge in [0.2, 0.25) is 11.7 Å². The molecule has 0 N–H and O–H groups in total. The lowest BCUT2D eigenvalue weighted by molar-refractivity contribution is 0.0615. The van der Waals surface area contributed by atoms with Gasteiger partial charge in [-0.05, 0) is 18.4 Å². The molecule has 3 heterocycles. The fourth-order valence-electron chi connectivity index (χ4n) is 3.01. The summed E-state index contributed by atoms with van der Waals surface area (Å²) in [5.74, 6) is 1.34. The monoisotopic (exact) mass is 368 g/mol. The van der Waals surface area contributed by atoms with Crippen molar-refractivity contribution < 1.29 is 9.32 Å². The van der Waals surface area contributed by atoms with Gasteiger partial charge in [0, 0.05) is 37.1 Å². The molecule has 0 radical (unpaired) electrons. The number of carbonyl (C=O) groups is 1. The van der Waals surface area contributed by atoms with E-state index in [2.05, 4.69) is 15.0 Å². The van der Waals surface area contributed by atoms with E-state index in [9.17, 15) is 4.79 Å². The van der Waals surface area contributed by atoms with E-state index in [1.165, 1.54) is 5.56 Å². The Morgan fingerprint density at radius 1 is 1.15 bits per heavy atom. The third kappa shape index (κ3) is 3.68. The maximum Gasteiger partial charge on any atom is 0.254 e. The minimum atomic E-state index is 0.116. The molecule has 1 aliphatic rings. The first-order valence-electron chi connectivity index (χ1n) is 8.62. The largest absolute Gasteiger partial charge is 0.338 e. The van der Waals surface area contributed by atoms with E-state index >= 15 is 0 Å². The van der Waals surface area contributed by atoms with Crippen molar-refractivity contribution in [1.29, 1.82) is 0 Å². The topological polar surface area (TPSA) is 62.5 Å². The van der Waals surface area contributed by atoms with Crippen molar-refractivity contribution in [1.82, 2.24) is 19.9 Å². The van der Waals surface area contributed by atoms with Crippen molar-refractivity contribution in [2.45, 2.75) is 13.5 Å². The molecule has 0 saturated carbocycles. The molecule has 0 aliphatic carbocycles. The Morgan fingerprint density at radius 3 is 2.62 bits per heavy atom. The molecule has 6 nitrogen and oxygen atoms in total. The molecule has 1 amide bonds. The molecular weight excluding hydrogens is 348 g/mol. The Morgan fingerprint density at radius 2 is 1.92 bits per heavy atom. The van der Waals surface area contributed by atoms with Crippen LogP contribution >= 0.6 is 11.3 Å². The standard InChI is InChI=1S/C19H20N4O2S/c1-14-2-4-15(5-3-14)18-20-17(25-21-18)12-22-7-9-23(10-8-22)19(24)16-6-11-26-13-16/h2-6,11,13H,7-10,12H2,1H3. The summed E-state index contributed by atoms with van der Waals surface area (Å²) in [5, 5.41) is 7.92. The fourth-order valence-corrected chi connectivity index (χ4v) is 3.64. The number of piperazine rings is 1. The zero-order valence-corrected chi connectivity index (χ0v) is 15.4. The third-order valence-corrected chi connectivity index (χ3v) is 5.25. The molecule has 1 aliphatic heterocycles. The van der Waals surface area contributed by atoms with Crippen molar-refractivity contribution in [3.05, 3.63) is 58.1 Å². The minimum absolute atomic E-state index is 0.116. The summed E-state index contributed by atoms with van der Waals surface area (Å²) in [5.41, 5.74) is 2.94. The number of carbonyl (C=O) groups excluding carboxylic acids is 1. The highest BCUT2D eigenvalue weighted by Gasteiger charge is 2.23. The van der Waals surface area contributed by atoms with Crippen LogP contribution in [0.15, 0.2) is 45.6 Å². The van der Waals surface area contributed by atoms with Crippen LogP contribution < -0.4 is 0 Å². The molecular formula is C19H20N4O2S. The zero-order chi connectivity index (χ0) is 17.9. The number of thiophene rings is 1. The predicted octanol–water partition coefficient (Wildman–Crippen LogP) is 3.06. The number of hydrogen-bond acceptors (Lipinski definition) is 6. The van der Waals surface area contributed by atoms with Crippen molar-refractivity contribution in [2.75, 3.05) is 26.2 Å². The SMILES string of the molecule is Cc1ccc(-c2noc(CN3CCN(C(=O)c4ccsc4)CC3)n2)cc1. The van der Waals surface area contributed by atoms with Crippen molar-refractivity contribution in [3.8, 4) is 11.4 Å². The first kappa shape index (κ1) is 16.9. The maximum absolute atomic E-state index is 12.4. The number of amides is 1.